The number of amides is 1. The lowest BCUT2D eigenvalue weighted by atomic mass is 10.2. The summed E-state index contributed by atoms with van der Waals surface area (Å²) in [6.07, 6.45) is 2.78. The number of hydrogen-bond acceptors (Lipinski definition) is 3. The van der Waals surface area contributed by atoms with Gasteiger partial charge < -0.3 is 10.0 Å². The maximum absolute atomic E-state index is 11.2. The van der Waals surface area contributed by atoms with E-state index in [1.54, 1.807) is 11.8 Å². The van der Waals surface area contributed by atoms with Gasteiger partial charge in [-0.15, -0.1) is 0 Å². The van der Waals surface area contributed by atoms with E-state index < -0.39 is 12.0 Å². The molecule has 0 aromatic rings. The van der Waals surface area contributed by atoms with Gasteiger partial charge in [0.1, 0.15) is 6.04 Å². The van der Waals surface area contributed by atoms with E-state index in [0.29, 0.717) is 19.4 Å². The van der Waals surface area contributed by atoms with Crippen molar-refractivity contribution in [3.8, 4) is 0 Å². The predicted octanol–water partition coefficient (Wildman–Crippen LogP) is 0.425. The van der Waals surface area contributed by atoms with Gasteiger partial charge in [-0.25, -0.2) is 4.79 Å². The molecule has 0 bridgehead atoms. The summed E-state index contributed by atoms with van der Waals surface area (Å²) >= 11 is 1.62. The molecule has 1 aliphatic heterocycles. The Balaban J connectivity index is 2.55. The first-order chi connectivity index (χ1) is 6.16. The monoisotopic (exact) mass is 203 g/mol. The highest BCUT2D eigenvalue weighted by atomic mass is 32.2. The Labute approximate surface area is 81.3 Å². The molecule has 0 spiro atoms. The van der Waals surface area contributed by atoms with Crippen LogP contribution in [0.15, 0.2) is 0 Å². The molecular weight excluding hydrogens is 190 g/mol. The molecule has 1 saturated heterocycles. The highest BCUT2D eigenvalue weighted by molar-refractivity contribution is 7.98. The summed E-state index contributed by atoms with van der Waals surface area (Å²) in [4.78, 5) is 23.4. The molecule has 0 aromatic heterocycles. The number of carbonyl (C=O) groups excluding carboxylic acids is 1. The van der Waals surface area contributed by atoms with Crippen molar-refractivity contribution in [2.75, 3.05) is 18.6 Å². The SMILES string of the molecule is CSCCN1C(=O)CCC1C(=O)O. The standard InChI is InChI=1S/C8H13NO3S/c1-13-5-4-9-6(8(11)12)2-3-7(9)10/h6H,2-5H2,1H3,(H,11,12). The van der Waals surface area contributed by atoms with Crippen LogP contribution in [-0.4, -0.2) is 46.5 Å². The molecule has 0 aromatic carbocycles. The van der Waals surface area contributed by atoms with Gasteiger partial charge in [-0.05, 0) is 12.7 Å². The number of rotatable bonds is 4. The van der Waals surface area contributed by atoms with Gasteiger partial charge >= 0.3 is 5.97 Å². The van der Waals surface area contributed by atoms with Crippen LogP contribution in [0.25, 0.3) is 0 Å². The summed E-state index contributed by atoms with van der Waals surface area (Å²) in [5.74, 6) is -0.108. The maximum Gasteiger partial charge on any atom is 0.326 e. The number of hydrogen-bond donors (Lipinski definition) is 1. The van der Waals surface area contributed by atoms with Gasteiger partial charge in [-0.2, -0.15) is 11.8 Å². The number of carboxylic acids is 1. The van der Waals surface area contributed by atoms with Crippen molar-refractivity contribution in [3.05, 3.63) is 0 Å². The molecule has 1 heterocycles. The molecule has 0 saturated carbocycles. The fourth-order valence-corrected chi connectivity index (χ4v) is 1.84. The van der Waals surface area contributed by atoms with Crippen molar-refractivity contribution < 1.29 is 14.7 Å². The number of likely N-dealkylation sites (tertiary alicyclic amines) is 1. The zero-order valence-corrected chi connectivity index (χ0v) is 8.34. The molecule has 5 heteroatoms. The van der Waals surface area contributed by atoms with Crippen molar-refractivity contribution in [1.29, 1.82) is 0 Å². The lowest BCUT2D eigenvalue weighted by Gasteiger charge is -2.20. The molecule has 4 nitrogen and oxygen atoms in total. The first kappa shape index (κ1) is 10.4. The van der Waals surface area contributed by atoms with E-state index in [9.17, 15) is 9.59 Å². The molecule has 1 atom stereocenters. The van der Waals surface area contributed by atoms with Gasteiger partial charge in [0.05, 0.1) is 0 Å². The largest absolute Gasteiger partial charge is 0.480 e. The minimum absolute atomic E-state index is 0.0264. The van der Waals surface area contributed by atoms with E-state index in [1.807, 2.05) is 6.26 Å². The molecule has 0 aliphatic carbocycles. The second kappa shape index (κ2) is 4.50. The van der Waals surface area contributed by atoms with Crippen LogP contribution in [0.4, 0.5) is 0 Å². The maximum atomic E-state index is 11.2. The van der Waals surface area contributed by atoms with Crippen molar-refractivity contribution in [2.45, 2.75) is 18.9 Å². The lowest BCUT2D eigenvalue weighted by molar-refractivity contribution is -0.146. The highest BCUT2D eigenvalue weighted by Crippen LogP contribution is 2.18. The predicted molar refractivity (Wildman–Crippen MR) is 50.8 cm³/mol. The summed E-state index contributed by atoms with van der Waals surface area (Å²) in [5.41, 5.74) is 0. The van der Waals surface area contributed by atoms with E-state index in [2.05, 4.69) is 0 Å². The van der Waals surface area contributed by atoms with Crippen molar-refractivity contribution >= 4 is 23.6 Å². The summed E-state index contributed by atoms with van der Waals surface area (Å²) in [5, 5.41) is 8.80. The Morgan fingerprint density at radius 1 is 1.77 bits per heavy atom. The van der Waals surface area contributed by atoms with Crippen molar-refractivity contribution in [3.63, 3.8) is 0 Å². The first-order valence-electron chi connectivity index (χ1n) is 4.18. The number of aliphatic carboxylic acids is 1. The normalized spacial score (nSPS) is 22.4. The van der Waals surface area contributed by atoms with Crippen LogP contribution in [0.1, 0.15) is 12.8 Å². The molecular formula is C8H13NO3S. The van der Waals surface area contributed by atoms with Gasteiger partial charge in [-0.3, -0.25) is 4.79 Å². The Kier molecular flexibility index (Phi) is 3.59. The van der Waals surface area contributed by atoms with E-state index in [1.165, 1.54) is 4.90 Å². The van der Waals surface area contributed by atoms with Gasteiger partial charge in [0, 0.05) is 18.7 Å². The van der Waals surface area contributed by atoms with Crippen molar-refractivity contribution in [1.82, 2.24) is 4.90 Å². The molecule has 1 aliphatic rings. The molecule has 1 fully saturated rings. The molecule has 0 radical (unpaired) electrons. The summed E-state index contributed by atoms with van der Waals surface area (Å²) in [7, 11) is 0. The van der Waals surface area contributed by atoms with Crippen LogP contribution in [0.3, 0.4) is 0 Å². The second-order valence-corrected chi connectivity index (χ2v) is 3.96. The van der Waals surface area contributed by atoms with Crippen LogP contribution in [-0.2, 0) is 9.59 Å². The first-order valence-corrected chi connectivity index (χ1v) is 5.57. The van der Waals surface area contributed by atoms with Gasteiger partial charge in [-0.1, -0.05) is 0 Å². The third-order valence-electron chi connectivity index (χ3n) is 2.15. The third kappa shape index (κ3) is 2.37. The average molecular weight is 203 g/mol. The van der Waals surface area contributed by atoms with E-state index in [-0.39, 0.29) is 5.91 Å². The van der Waals surface area contributed by atoms with Gasteiger partial charge in [0.15, 0.2) is 0 Å². The molecule has 13 heavy (non-hydrogen) atoms. The smallest absolute Gasteiger partial charge is 0.326 e. The quantitative estimate of drug-likeness (QED) is 0.719. The Hall–Kier alpha value is -0.710. The van der Waals surface area contributed by atoms with E-state index in [4.69, 9.17) is 5.11 Å². The highest BCUT2D eigenvalue weighted by Gasteiger charge is 2.35. The second-order valence-electron chi connectivity index (χ2n) is 2.97. The van der Waals surface area contributed by atoms with Gasteiger partial charge in [0.25, 0.3) is 0 Å². The van der Waals surface area contributed by atoms with Gasteiger partial charge in [0.2, 0.25) is 5.91 Å². The molecule has 74 valence electrons. The summed E-state index contributed by atoms with van der Waals surface area (Å²) in [6, 6.07) is -0.584. The van der Waals surface area contributed by atoms with Crippen LogP contribution < -0.4 is 0 Å². The fraction of sp³-hybridized carbons (Fsp3) is 0.750. The van der Waals surface area contributed by atoms with Crippen LogP contribution in [0, 0.1) is 0 Å². The Morgan fingerprint density at radius 3 is 3.00 bits per heavy atom. The summed E-state index contributed by atoms with van der Waals surface area (Å²) < 4.78 is 0. The molecule has 1 rings (SSSR count). The number of nitrogens with zero attached hydrogens (tertiary/aromatic N) is 1. The topological polar surface area (TPSA) is 57.6 Å². The molecule has 1 unspecified atom stereocenters. The van der Waals surface area contributed by atoms with E-state index in [0.717, 1.165) is 5.75 Å². The third-order valence-corrected chi connectivity index (χ3v) is 2.74. The van der Waals surface area contributed by atoms with E-state index >= 15 is 0 Å². The minimum Gasteiger partial charge on any atom is -0.480 e. The number of thioether (sulfide) groups is 1. The van der Waals surface area contributed by atoms with Crippen LogP contribution in [0.2, 0.25) is 0 Å². The molecule has 1 N–H and O–H groups in total. The van der Waals surface area contributed by atoms with Crippen molar-refractivity contribution in [2.24, 2.45) is 0 Å². The molecule has 1 amide bonds. The van der Waals surface area contributed by atoms with Crippen LogP contribution in [0.5, 0.6) is 0 Å². The zero-order chi connectivity index (χ0) is 9.84. The van der Waals surface area contributed by atoms with Crippen LogP contribution >= 0.6 is 11.8 Å². The Morgan fingerprint density at radius 2 is 2.46 bits per heavy atom. The average Bonchev–Trinajstić information content (AvgIpc) is 2.43. The lowest BCUT2D eigenvalue weighted by Crippen LogP contribution is -2.39. The number of carboxylic acid groups (broad SMARTS) is 1. The summed E-state index contributed by atoms with van der Waals surface area (Å²) in [6.45, 7) is 0.553. The fourth-order valence-electron chi connectivity index (χ4n) is 1.46. The Bertz CT molecular complexity index is 219. The minimum atomic E-state index is -0.882. The number of carbonyl (C=O) groups is 2. The zero-order valence-electron chi connectivity index (χ0n) is 7.52.